The lowest BCUT2D eigenvalue weighted by atomic mass is 10.1. The van der Waals surface area contributed by atoms with E-state index >= 15 is 0 Å². The van der Waals surface area contributed by atoms with Gasteiger partial charge in [-0.2, -0.15) is 0 Å². The molecule has 3 rings (SSSR count). The Morgan fingerprint density at radius 3 is 2.42 bits per heavy atom. The van der Waals surface area contributed by atoms with Crippen LogP contribution in [0.15, 0.2) is 66.7 Å². The van der Waals surface area contributed by atoms with E-state index in [9.17, 15) is 18.0 Å². The number of carbonyl (C=O) groups excluding carboxylic acids is 1. The molecular formula is C20H14F3NO2. The van der Waals surface area contributed by atoms with Gasteiger partial charge in [0.25, 0.3) is 0 Å². The standard InChI is InChI=1S/C20H14F3NO2/c21-20(22,23)26-17-8-4-7-15(13-17)19(25)18-12-11-16(24-18)10-9-14-5-2-1-3-6-14/h1-13,24H/b10-9+. The van der Waals surface area contributed by atoms with Gasteiger partial charge in [0.1, 0.15) is 5.75 Å². The van der Waals surface area contributed by atoms with Crippen molar-refractivity contribution in [3.05, 3.63) is 89.2 Å². The maximum Gasteiger partial charge on any atom is 0.573 e. The number of alkyl halides is 3. The molecule has 0 atom stereocenters. The second-order valence-corrected chi connectivity index (χ2v) is 5.48. The zero-order valence-electron chi connectivity index (χ0n) is 13.5. The Labute approximate surface area is 147 Å². The summed E-state index contributed by atoms with van der Waals surface area (Å²) < 4.78 is 40.8. The van der Waals surface area contributed by atoms with Crippen molar-refractivity contribution in [3.63, 3.8) is 0 Å². The van der Waals surface area contributed by atoms with Crippen LogP contribution in [0.4, 0.5) is 13.2 Å². The average Bonchev–Trinajstić information content (AvgIpc) is 3.08. The first kappa shape index (κ1) is 17.5. The smallest absolute Gasteiger partial charge is 0.406 e. The molecule has 1 aromatic heterocycles. The summed E-state index contributed by atoms with van der Waals surface area (Å²) in [5, 5.41) is 0. The lowest BCUT2D eigenvalue weighted by Crippen LogP contribution is -2.17. The molecule has 26 heavy (non-hydrogen) atoms. The largest absolute Gasteiger partial charge is 0.573 e. The first-order chi connectivity index (χ1) is 12.4. The van der Waals surface area contributed by atoms with Gasteiger partial charge in [0.05, 0.1) is 5.69 Å². The molecule has 0 fully saturated rings. The topological polar surface area (TPSA) is 42.1 Å². The molecular weight excluding hydrogens is 343 g/mol. The minimum absolute atomic E-state index is 0.104. The van der Waals surface area contributed by atoms with Crippen LogP contribution < -0.4 is 4.74 Å². The molecule has 3 aromatic rings. The highest BCUT2D eigenvalue weighted by atomic mass is 19.4. The summed E-state index contributed by atoms with van der Waals surface area (Å²) in [6, 6.07) is 17.9. The fourth-order valence-electron chi connectivity index (χ4n) is 2.38. The van der Waals surface area contributed by atoms with E-state index < -0.39 is 17.9 Å². The second-order valence-electron chi connectivity index (χ2n) is 5.48. The monoisotopic (exact) mass is 357 g/mol. The van der Waals surface area contributed by atoms with Gasteiger partial charge in [-0.1, -0.05) is 48.5 Å². The predicted octanol–water partition coefficient (Wildman–Crippen LogP) is 5.31. The third-order valence-corrected chi connectivity index (χ3v) is 3.54. The highest BCUT2D eigenvalue weighted by molar-refractivity contribution is 6.08. The van der Waals surface area contributed by atoms with Crippen molar-refractivity contribution in [2.45, 2.75) is 6.36 Å². The fourth-order valence-corrected chi connectivity index (χ4v) is 2.38. The Morgan fingerprint density at radius 2 is 1.69 bits per heavy atom. The van der Waals surface area contributed by atoms with E-state index in [2.05, 4.69) is 9.72 Å². The van der Waals surface area contributed by atoms with Crippen LogP contribution in [0.3, 0.4) is 0 Å². The number of hydrogen-bond acceptors (Lipinski definition) is 2. The van der Waals surface area contributed by atoms with Crippen LogP contribution in [-0.2, 0) is 0 Å². The molecule has 0 bridgehead atoms. The van der Waals surface area contributed by atoms with Gasteiger partial charge in [-0.15, -0.1) is 13.2 Å². The van der Waals surface area contributed by atoms with Gasteiger partial charge in [0.15, 0.2) is 0 Å². The van der Waals surface area contributed by atoms with Crippen LogP contribution in [0, 0.1) is 0 Å². The van der Waals surface area contributed by atoms with E-state index in [1.807, 2.05) is 42.5 Å². The normalized spacial score (nSPS) is 11.7. The SMILES string of the molecule is O=C(c1cccc(OC(F)(F)F)c1)c1ccc(/C=C/c2ccccc2)[nH]1. The molecule has 0 aliphatic carbocycles. The number of carbonyl (C=O) groups is 1. The van der Waals surface area contributed by atoms with Crippen molar-refractivity contribution in [3.8, 4) is 5.75 Å². The predicted molar refractivity (Wildman–Crippen MR) is 92.7 cm³/mol. The lowest BCUT2D eigenvalue weighted by molar-refractivity contribution is -0.274. The summed E-state index contributed by atoms with van der Waals surface area (Å²) in [4.78, 5) is 15.4. The second kappa shape index (κ2) is 7.31. The summed E-state index contributed by atoms with van der Waals surface area (Å²) in [6.07, 6.45) is -1.10. The number of benzene rings is 2. The Morgan fingerprint density at radius 1 is 0.923 bits per heavy atom. The van der Waals surface area contributed by atoms with E-state index in [0.29, 0.717) is 5.69 Å². The average molecular weight is 357 g/mol. The highest BCUT2D eigenvalue weighted by Gasteiger charge is 2.31. The summed E-state index contributed by atoms with van der Waals surface area (Å²) in [5.74, 6) is -0.851. The summed E-state index contributed by atoms with van der Waals surface area (Å²) in [6.45, 7) is 0. The summed E-state index contributed by atoms with van der Waals surface area (Å²) in [5.41, 5.74) is 2.10. The third-order valence-electron chi connectivity index (χ3n) is 3.54. The maximum absolute atomic E-state index is 12.5. The van der Waals surface area contributed by atoms with Crippen LogP contribution in [0.25, 0.3) is 12.2 Å². The van der Waals surface area contributed by atoms with Gasteiger partial charge in [0.2, 0.25) is 5.78 Å². The molecule has 0 saturated heterocycles. The van der Waals surface area contributed by atoms with Gasteiger partial charge in [-0.05, 0) is 35.9 Å². The van der Waals surface area contributed by atoms with Gasteiger partial charge >= 0.3 is 6.36 Å². The van der Waals surface area contributed by atoms with Crippen LogP contribution >= 0.6 is 0 Å². The number of rotatable bonds is 5. The Hall–Kier alpha value is -3.28. The molecule has 3 nitrogen and oxygen atoms in total. The molecule has 0 unspecified atom stereocenters. The van der Waals surface area contributed by atoms with Crippen molar-refractivity contribution >= 4 is 17.9 Å². The van der Waals surface area contributed by atoms with Crippen molar-refractivity contribution in [1.29, 1.82) is 0 Å². The molecule has 132 valence electrons. The maximum atomic E-state index is 12.5. The van der Waals surface area contributed by atoms with E-state index in [0.717, 1.165) is 17.7 Å². The van der Waals surface area contributed by atoms with Crippen molar-refractivity contribution in [2.24, 2.45) is 0 Å². The molecule has 0 spiro atoms. The number of H-pyrrole nitrogens is 1. The molecule has 6 heteroatoms. The number of halogens is 3. The Balaban J connectivity index is 1.76. The van der Waals surface area contributed by atoms with Gasteiger partial charge in [-0.3, -0.25) is 4.79 Å². The molecule has 0 aliphatic heterocycles. The lowest BCUT2D eigenvalue weighted by Gasteiger charge is -2.09. The molecule has 0 amide bonds. The van der Waals surface area contributed by atoms with Gasteiger partial charge in [0, 0.05) is 11.3 Å². The molecule has 0 radical (unpaired) electrons. The van der Waals surface area contributed by atoms with Crippen LogP contribution in [0.2, 0.25) is 0 Å². The number of ketones is 1. The minimum atomic E-state index is -4.80. The van der Waals surface area contributed by atoms with Crippen molar-refractivity contribution in [2.75, 3.05) is 0 Å². The summed E-state index contributed by atoms with van der Waals surface area (Å²) in [7, 11) is 0. The molecule has 0 saturated carbocycles. The number of ether oxygens (including phenoxy) is 1. The van der Waals surface area contributed by atoms with Gasteiger partial charge in [-0.25, -0.2) is 0 Å². The highest BCUT2D eigenvalue weighted by Crippen LogP contribution is 2.24. The van der Waals surface area contributed by atoms with E-state index in [1.54, 1.807) is 12.1 Å². The van der Waals surface area contributed by atoms with E-state index in [-0.39, 0.29) is 11.3 Å². The Kier molecular flexibility index (Phi) is 4.93. The van der Waals surface area contributed by atoms with Crippen LogP contribution in [-0.4, -0.2) is 17.1 Å². The van der Waals surface area contributed by atoms with Gasteiger partial charge < -0.3 is 9.72 Å². The number of nitrogens with one attached hydrogen (secondary N) is 1. The zero-order valence-corrected chi connectivity index (χ0v) is 13.5. The number of hydrogen-bond donors (Lipinski definition) is 1. The first-order valence-electron chi connectivity index (χ1n) is 7.73. The molecule has 0 aliphatic rings. The van der Waals surface area contributed by atoms with Crippen LogP contribution in [0.1, 0.15) is 27.3 Å². The van der Waals surface area contributed by atoms with Crippen molar-refractivity contribution in [1.82, 2.24) is 4.98 Å². The van der Waals surface area contributed by atoms with E-state index in [4.69, 9.17) is 0 Å². The third kappa shape index (κ3) is 4.63. The fraction of sp³-hybridized carbons (Fsp3) is 0.0500. The van der Waals surface area contributed by atoms with Crippen LogP contribution in [0.5, 0.6) is 5.75 Å². The quantitative estimate of drug-likeness (QED) is 0.629. The number of aromatic amines is 1. The summed E-state index contributed by atoms with van der Waals surface area (Å²) >= 11 is 0. The number of aromatic nitrogens is 1. The van der Waals surface area contributed by atoms with E-state index in [1.165, 1.54) is 12.1 Å². The zero-order chi connectivity index (χ0) is 18.6. The first-order valence-corrected chi connectivity index (χ1v) is 7.73. The van der Waals surface area contributed by atoms with Crippen molar-refractivity contribution < 1.29 is 22.7 Å². The molecule has 2 aromatic carbocycles. The Bertz CT molecular complexity index is 927. The minimum Gasteiger partial charge on any atom is -0.406 e. The molecule has 1 heterocycles. The molecule has 1 N–H and O–H groups in total.